The number of hydrogen-bond acceptors (Lipinski definition) is 1. The number of nitrogens with zero attached hydrogens (tertiary/aromatic N) is 1. The molecule has 0 saturated heterocycles. The van der Waals surface area contributed by atoms with Crippen LogP contribution < -0.4 is 0 Å². The summed E-state index contributed by atoms with van der Waals surface area (Å²) in [5.41, 5.74) is 0.926. The zero-order valence-electron chi connectivity index (χ0n) is 8.15. The molecule has 1 heterocycles. The Morgan fingerprint density at radius 3 is 2.29 bits per heavy atom. The van der Waals surface area contributed by atoms with Crippen LogP contribution in [-0.2, 0) is 0 Å². The molecule has 1 nitrogen and oxygen atoms in total. The SMILES string of the molecule is Fc1cc(-c2ccc(Cl)c(Cl)c2Cl)c(Cl)cn1. The van der Waals surface area contributed by atoms with Gasteiger partial charge in [-0.2, -0.15) is 4.39 Å². The molecule has 2 aromatic rings. The number of pyridine rings is 1. The zero-order chi connectivity index (χ0) is 12.6. The van der Waals surface area contributed by atoms with Crippen molar-refractivity contribution in [1.29, 1.82) is 0 Å². The Bertz CT molecular complexity index is 586. The van der Waals surface area contributed by atoms with Gasteiger partial charge < -0.3 is 0 Å². The second-order valence-electron chi connectivity index (χ2n) is 3.21. The average molecular weight is 311 g/mol. The van der Waals surface area contributed by atoms with Gasteiger partial charge in [-0.05, 0) is 6.07 Å². The largest absolute Gasteiger partial charge is 0.227 e. The molecule has 1 aromatic carbocycles. The van der Waals surface area contributed by atoms with Crippen molar-refractivity contribution in [3.63, 3.8) is 0 Å². The van der Waals surface area contributed by atoms with E-state index in [0.29, 0.717) is 16.1 Å². The number of hydrogen-bond donors (Lipinski definition) is 0. The monoisotopic (exact) mass is 309 g/mol. The van der Waals surface area contributed by atoms with Crippen molar-refractivity contribution < 1.29 is 4.39 Å². The first-order valence-electron chi connectivity index (χ1n) is 4.45. The van der Waals surface area contributed by atoms with E-state index in [4.69, 9.17) is 46.4 Å². The van der Waals surface area contributed by atoms with E-state index in [0.717, 1.165) is 0 Å². The van der Waals surface area contributed by atoms with Gasteiger partial charge in [0.2, 0.25) is 5.95 Å². The minimum absolute atomic E-state index is 0.208. The highest BCUT2D eigenvalue weighted by Crippen LogP contribution is 2.40. The third kappa shape index (κ3) is 2.50. The fraction of sp³-hybridized carbons (Fsp3) is 0. The molecule has 0 bridgehead atoms. The van der Waals surface area contributed by atoms with Gasteiger partial charge in [-0.1, -0.05) is 52.5 Å². The highest BCUT2D eigenvalue weighted by atomic mass is 35.5. The summed E-state index contributed by atoms with van der Waals surface area (Å²) in [5.74, 6) is -0.647. The molecule has 6 heteroatoms. The summed E-state index contributed by atoms with van der Waals surface area (Å²) in [4.78, 5) is 3.43. The molecule has 0 fully saturated rings. The number of halogens is 5. The van der Waals surface area contributed by atoms with Crippen LogP contribution in [0.3, 0.4) is 0 Å². The summed E-state index contributed by atoms with van der Waals surface area (Å²) < 4.78 is 13.1. The molecule has 0 aliphatic rings. The maximum atomic E-state index is 13.1. The lowest BCUT2D eigenvalue weighted by Crippen LogP contribution is -1.88. The molecule has 0 aliphatic carbocycles. The van der Waals surface area contributed by atoms with Gasteiger partial charge in [-0.3, -0.25) is 0 Å². The molecular formula is C11H4Cl4FN. The molecule has 0 unspecified atom stereocenters. The Morgan fingerprint density at radius 1 is 0.882 bits per heavy atom. The van der Waals surface area contributed by atoms with Crippen molar-refractivity contribution in [1.82, 2.24) is 4.98 Å². The van der Waals surface area contributed by atoms with E-state index < -0.39 is 5.95 Å². The van der Waals surface area contributed by atoms with Crippen molar-refractivity contribution in [3.8, 4) is 11.1 Å². The maximum Gasteiger partial charge on any atom is 0.213 e. The van der Waals surface area contributed by atoms with Crippen molar-refractivity contribution in [2.24, 2.45) is 0 Å². The number of aromatic nitrogens is 1. The molecule has 0 atom stereocenters. The fourth-order valence-corrected chi connectivity index (χ4v) is 2.20. The minimum Gasteiger partial charge on any atom is -0.227 e. The molecule has 0 amide bonds. The van der Waals surface area contributed by atoms with Crippen molar-refractivity contribution in [2.45, 2.75) is 0 Å². The lowest BCUT2D eigenvalue weighted by molar-refractivity contribution is 0.584. The highest BCUT2D eigenvalue weighted by Gasteiger charge is 2.13. The van der Waals surface area contributed by atoms with E-state index in [1.807, 2.05) is 0 Å². The van der Waals surface area contributed by atoms with E-state index in [1.165, 1.54) is 12.3 Å². The molecule has 0 spiro atoms. The third-order valence-corrected chi connectivity index (χ3v) is 3.74. The molecular weight excluding hydrogens is 307 g/mol. The van der Waals surface area contributed by atoms with Crippen molar-refractivity contribution >= 4 is 46.4 Å². The van der Waals surface area contributed by atoms with Crippen molar-refractivity contribution in [3.05, 3.63) is 50.4 Å². The molecule has 0 aliphatic heterocycles. The second-order valence-corrected chi connectivity index (χ2v) is 4.78. The van der Waals surface area contributed by atoms with Crippen LogP contribution in [-0.4, -0.2) is 4.98 Å². The van der Waals surface area contributed by atoms with Crippen LogP contribution in [0.25, 0.3) is 11.1 Å². The first kappa shape index (κ1) is 12.9. The molecule has 17 heavy (non-hydrogen) atoms. The summed E-state index contributed by atoms with van der Waals surface area (Å²) in [7, 11) is 0. The molecule has 0 saturated carbocycles. The van der Waals surface area contributed by atoms with Crippen LogP contribution in [0.5, 0.6) is 0 Å². The van der Waals surface area contributed by atoms with Crippen LogP contribution in [0, 0.1) is 5.95 Å². The predicted octanol–water partition coefficient (Wildman–Crippen LogP) is 5.50. The van der Waals surface area contributed by atoms with Gasteiger partial charge in [-0.25, -0.2) is 4.98 Å². The minimum atomic E-state index is -0.647. The fourth-order valence-electron chi connectivity index (χ4n) is 1.35. The molecule has 0 N–H and O–H groups in total. The van der Waals surface area contributed by atoms with Crippen LogP contribution in [0.2, 0.25) is 20.1 Å². The van der Waals surface area contributed by atoms with Gasteiger partial charge in [0.05, 0.1) is 20.1 Å². The predicted molar refractivity (Wildman–Crippen MR) is 69.7 cm³/mol. The Morgan fingerprint density at radius 2 is 1.59 bits per heavy atom. The van der Waals surface area contributed by atoms with Crippen LogP contribution >= 0.6 is 46.4 Å². The molecule has 2 rings (SSSR count). The van der Waals surface area contributed by atoms with E-state index >= 15 is 0 Å². The summed E-state index contributed by atoms with van der Waals surface area (Å²) in [5, 5.41) is 1.04. The van der Waals surface area contributed by atoms with E-state index in [-0.39, 0.29) is 15.1 Å². The van der Waals surface area contributed by atoms with Gasteiger partial charge in [0.25, 0.3) is 0 Å². The van der Waals surface area contributed by atoms with E-state index in [1.54, 1.807) is 12.1 Å². The lowest BCUT2D eigenvalue weighted by Gasteiger charge is -2.08. The van der Waals surface area contributed by atoms with Gasteiger partial charge in [0, 0.05) is 23.4 Å². The Labute approximate surface area is 117 Å². The molecule has 1 aromatic heterocycles. The number of rotatable bonds is 1. The van der Waals surface area contributed by atoms with Gasteiger partial charge in [-0.15, -0.1) is 0 Å². The van der Waals surface area contributed by atoms with Gasteiger partial charge in [0.15, 0.2) is 0 Å². The Hall–Kier alpha value is -0.540. The van der Waals surface area contributed by atoms with Crippen LogP contribution in [0.15, 0.2) is 24.4 Å². The average Bonchev–Trinajstić information content (AvgIpc) is 2.30. The van der Waals surface area contributed by atoms with Gasteiger partial charge in [0.1, 0.15) is 0 Å². The summed E-state index contributed by atoms with van der Waals surface area (Å²) in [6.07, 6.45) is 1.21. The zero-order valence-corrected chi connectivity index (χ0v) is 11.2. The lowest BCUT2D eigenvalue weighted by atomic mass is 10.1. The number of benzene rings is 1. The quantitative estimate of drug-likeness (QED) is 0.500. The highest BCUT2D eigenvalue weighted by molar-refractivity contribution is 6.49. The van der Waals surface area contributed by atoms with Crippen LogP contribution in [0.1, 0.15) is 0 Å². The van der Waals surface area contributed by atoms with Crippen LogP contribution in [0.4, 0.5) is 4.39 Å². The topological polar surface area (TPSA) is 12.9 Å². The summed E-state index contributed by atoms with van der Waals surface area (Å²) in [6, 6.07) is 4.38. The Balaban J connectivity index is 2.69. The summed E-state index contributed by atoms with van der Waals surface area (Å²) >= 11 is 23.7. The standard InChI is InChI=1S/C11H4Cl4FN/c12-7-2-1-5(10(14)11(7)15)6-3-9(16)17-4-8(6)13/h1-4H. The normalized spacial score (nSPS) is 10.6. The molecule has 88 valence electrons. The smallest absolute Gasteiger partial charge is 0.213 e. The van der Waals surface area contributed by atoms with Crippen molar-refractivity contribution in [2.75, 3.05) is 0 Å². The second kappa shape index (κ2) is 4.99. The maximum absolute atomic E-state index is 13.1. The van der Waals surface area contributed by atoms with E-state index in [9.17, 15) is 4.39 Å². The summed E-state index contributed by atoms with van der Waals surface area (Å²) in [6.45, 7) is 0. The first-order chi connectivity index (χ1) is 8.00. The van der Waals surface area contributed by atoms with E-state index in [2.05, 4.69) is 4.98 Å². The first-order valence-corrected chi connectivity index (χ1v) is 5.97. The van der Waals surface area contributed by atoms with Gasteiger partial charge >= 0.3 is 0 Å². The Kier molecular flexibility index (Phi) is 3.79. The molecule has 0 radical (unpaired) electrons. The third-order valence-electron chi connectivity index (χ3n) is 2.15.